The summed E-state index contributed by atoms with van der Waals surface area (Å²) in [5.74, 6) is 0. The molecule has 2 nitrogen and oxygen atoms in total. The van der Waals surface area contributed by atoms with E-state index in [1.54, 1.807) is 0 Å². The molecular formula is C11H18BF3O2. The van der Waals surface area contributed by atoms with Gasteiger partial charge in [-0.05, 0) is 5.46 Å². The Labute approximate surface area is 100 Å². The molecule has 0 aliphatic heterocycles. The molecule has 0 bridgehead atoms. The summed E-state index contributed by atoms with van der Waals surface area (Å²) in [6.07, 6.45) is -4.39. The largest absolute Gasteiger partial charge is 0.488 e. The van der Waals surface area contributed by atoms with Crippen molar-refractivity contribution in [2.24, 2.45) is 0 Å². The molecule has 0 saturated carbocycles. The maximum Gasteiger partial charge on any atom is 0.488 e. The van der Waals surface area contributed by atoms with Crippen molar-refractivity contribution >= 4 is 12.6 Å². The van der Waals surface area contributed by atoms with Gasteiger partial charge in [0.25, 0.3) is 0 Å². The molecular weight excluding hydrogens is 232 g/mol. The quantitative estimate of drug-likeness (QED) is 0.751. The first-order chi connectivity index (χ1) is 7.91. The third-order valence-corrected chi connectivity index (χ3v) is 1.54. The lowest BCUT2D eigenvalue weighted by Gasteiger charge is -2.06. The maximum absolute atomic E-state index is 12.0. The van der Waals surface area contributed by atoms with Gasteiger partial charge in [0, 0.05) is 0 Å². The second kappa shape index (κ2) is 9.07. The fourth-order valence-corrected chi connectivity index (χ4v) is 0.844. The smallest absolute Gasteiger partial charge is 0.423 e. The van der Waals surface area contributed by atoms with Crippen molar-refractivity contribution in [2.75, 3.05) is 0 Å². The number of alkyl halides is 3. The van der Waals surface area contributed by atoms with Gasteiger partial charge in [-0.1, -0.05) is 52.0 Å². The van der Waals surface area contributed by atoms with Gasteiger partial charge < -0.3 is 10.0 Å². The van der Waals surface area contributed by atoms with Crippen LogP contribution in [0, 0.1) is 0 Å². The molecule has 0 aliphatic rings. The van der Waals surface area contributed by atoms with Gasteiger partial charge in [0.2, 0.25) is 0 Å². The van der Waals surface area contributed by atoms with Crippen LogP contribution >= 0.6 is 0 Å². The van der Waals surface area contributed by atoms with E-state index in [1.807, 2.05) is 27.7 Å². The van der Waals surface area contributed by atoms with Crippen LogP contribution in [0.1, 0.15) is 33.3 Å². The predicted octanol–water partition coefficient (Wildman–Crippen LogP) is 2.44. The number of hydrogen-bond acceptors (Lipinski definition) is 2. The van der Waals surface area contributed by atoms with Gasteiger partial charge in [-0.15, -0.1) is 0 Å². The molecule has 0 fully saturated rings. The predicted molar refractivity (Wildman–Crippen MR) is 64.0 cm³/mol. The second-order valence-electron chi connectivity index (χ2n) is 2.49. The van der Waals surface area contributed by atoms with Crippen molar-refractivity contribution < 1.29 is 23.2 Å². The zero-order chi connectivity index (χ0) is 14.1. The number of benzene rings is 1. The molecule has 0 aromatic heterocycles. The number of rotatable bonds is 1. The standard InChI is InChI=1S/C7H6BF3O2.2C2H6/c9-7(10,11)5-1-3-6(4-2-5)8(12)13;2*1-2/h1-4,12-13H;2*1-2H3. The Hall–Kier alpha value is -1.01. The van der Waals surface area contributed by atoms with Crippen LogP contribution in [0.5, 0.6) is 0 Å². The summed E-state index contributed by atoms with van der Waals surface area (Å²) in [4.78, 5) is 0. The van der Waals surface area contributed by atoms with Crippen LogP contribution in [-0.4, -0.2) is 17.2 Å². The minimum absolute atomic E-state index is 0.0352. The minimum Gasteiger partial charge on any atom is -0.423 e. The van der Waals surface area contributed by atoms with Crippen LogP contribution in [0.3, 0.4) is 0 Å². The van der Waals surface area contributed by atoms with E-state index in [0.717, 1.165) is 24.3 Å². The fraction of sp³-hybridized carbons (Fsp3) is 0.455. The first-order valence-corrected chi connectivity index (χ1v) is 5.44. The second-order valence-corrected chi connectivity index (χ2v) is 2.49. The summed E-state index contributed by atoms with van der Waals surface area (Å²) in [6.45, 7) is 8.00. The average molecular weight is 250 g/mol. The van der Waals surface area contributed by atoms with Crippen molar-refractivity contribution in [2.45, 2.75) is 33.9 Å². The maximum atomic E-state index is 12.0. The molecule has 0 spiro atoms. The van der Waals surface area contributed by atoms with Crippen molar-refractivity contribution in [1.29, 1.82) is 0 Å². The molecule has 0 saturated heterocycles. The van der Waals surface area contributed by atoms with Crippen LogP contribution in [0.15, 0.2) is 24.3 Å². The highest BCUT2D eigenvalue weighted by atomic mass is 19.4. The highest BCUT2D eigenvalue weighted by molar-refractivity contribution is 6.58. The lowest BCUT2D eigenvalue weighted by Crippen LogP contribution is -2.29. The Morgan fingerprint density at radius 1 is 0.882 bits per heavy atom. The molecule has 0 heterocycles. The van der Waals surface area contributed by atoms with E-state index in [0.29, 0.717) is 0 Å². The van der Waals surface area contributed by atoms with Gasteiger partial charge in [0.15, 0.2) is 0 Å². The summed E-state index contributed by atoms with van der Waals surface area (Å²) in [5.41, 5.74) is -0.773. The molecule has 0 radical (unpaired) electrons. The van der Waals surface area contributed by atoms with Crippen LogP contribution in [0.4, 0.5) is 13.2 Å². The van der Waals surface area contributed by atoms with Crippen molar-refractivity contribution in [3.8, 4) is 0 Å². The third kappa shape index (κ3) is 7.02. The topological polar surface area (TPSA) is 40.5 Å². The molecule has 98 valence electrons. The molecule has 0 amide bonds. The fourth-order valence-electron chi connectivity index (χ4n) is 0.844. The molecule has 0 unspecified atom stereocenters. The third-order valence-electron chi connectivity index (χ3n) is 1.54. The van der Waals surface area contributed by atoms with Gasteiger partial charge in [-0.25, -0.2) is 0 Å². The lowest BCUT2D eigenvalue weighted by molar-refractivity contribution is -0.137. The highest BCUT2D eigenvalue weighted by Crippen LogP contribution is 2.28. The molecule has 0 aliphatic carbocycles. The van der Waals surface area contributed by atoms with E-state index in [1.165, 1.54) is 0 Å². The molecule has 1 aromatic carbocycles. The van der Waals surface area contributed by atoms with Crippen LogP contribution in [0.25, 0.3) is 0 Å². The molecule has 6 heteroatoms. The monoisotopic (exact) mass is 250 g/mol. The summed E-state index contributed by atoms with van der Waals surface area (Å²) in [7, 11) is -1.73. The van der Waals surface area contributed by atoms with Crippen LogP contribution in [-0.2, 0) is 6.18 Å². The first kappa shape index (κ1) is 18.4. The van der Waals surface area contributed by atoms with Gasteiger partial charge in [-0.2, -0.15) is 13.2 Å². The Balaban J connectivity index is 0. The molecule has 1 aromatic rings. The van der Waals surface area contributed by atoms with Gasteiger partial charge >= 0.3 is 13.3 Å². The first-order valence-electron chi connectivity index (χ1n) is 5.44. The van der Waals surface area contributed by atoms with E-state index >= 15 is 0 Å². The average Bonchev–Trinajstić information content (AvgIpc) is 2.33. The highest BCUT2D eigenvalue weighted by Gasteiger charge is 2.30. The Bertz CT molecular complexity index is 284. The summed E-state index contributed by atoms with van der Waals surface area (Å²) >= 11 is 0. The van der Waals surface area contributed by atoms with Gasteiger partial charge in [0.1, 0.15) is 0 Å². The molecule has 0 atom stereocenters. The normalized spacial score (nSPS) is 9.47. The Kier molecular flexibility index (Phi) is 9.80. The zero-order valence-corrected chi connectivity index (χ0v) is 10.4. The molecule has 2 N–H and O–H groups in total. The minimum atomic E-state index is -4.39. The SMILES string of the molecule is CC.CC.OB(O)c1ccc(C(F)(F)F)cc1. The zero-order valence-electron chi connectivity index (χ0n) is 10.4. The lowest BCUT2D eigenvalue weighted by atomic mass is 9.80. The van der Waals surface area contributed by atoms with Crippen LogP contribution in [0.2, 0.25) is 0 Å². The van der Waals surface area contributed by atoms with E-state index in [4.69, 9.17) is 10.0 Å². The van der Waals surface area contributed by atoms with Gasteiger partial charge in [0.05, 0.1) is 5.56 Å². The summed E-state index contributed by atoms with van der Waals surface area (Å²) in [5, 5.41) is 17.2. The van der Waals surface area contributed by atoms with Gasteiger partial charge in [-0.3, -0.25) is 0 Å². The van der Waals surface area contributed by atoms with E-state index in [-0.39, 0.29) is 5.46 Å². The van der Waals surface area contributed by atoms with Crippen LogP contribution < -0.4 is 5.46 Å². The number of halogens is 3. The van der Waals surface area contributed by atoms with Crippen molar-refractivity contribution in [3.05, 3.63) is 29.8 Å². The van der Waals surface area contributed by atoms with E-state index < -0.39 is 18.9 Å². The Morgan fingerprint density at radius 2 is 1.24 bits per heavy atom. The van der Waals surface area contributed by atoms with E-state index in [2.05, 4.69) is 0 Å². The van der Waals surface area contributed by atoms with E-state index in [9.17, 15) is 13.2 Å². The molecule has 1 rings (SSSR count). The number of hydrogen-bond donors (Lipinski definition) is 2. The van der Waals surface area contributed by atoms with Crippen molar-refractivity contribution in [3.63, 3.8) is 0 Å². The summed E-state index contributed by atoms with van der Waals surface area (Å²) < 4.78 is 36.0. The molecule has 17 heavy (non-hydrogen) atoms. The summed E-state index contributed by atoms with van der Waals surface area (Å²) in [6, 6.07) is 3.64. The Morgan fingerprint density at radius 3 is 1.47 bits per heavy atom. The van der Waals surface area contributed by atoms with Crippen molar-refractivity contribution in [1.82, 2.24) is 0 Å².